The van der Waals surface area contributed by atoms with Crippen LogP contribution in [0.3, 0.4) is 0 Å². The number of nitrogens with one attached hydrogen (secondary N) is 1. The maximum atomic E-state index is 12.3. The molecule has 0 spiro atoms. The van der Waals surface area contributed by atoms with Gasteiger partial charge in [-0.1, -0.05) is 32.1 Å². The minimum absolute atomic E-state index is 0.272. The highest BCUT2D eigenvalue weighted by atomic mass is 16.5. The number of ether oxygens (including phenoxy) is 1. The van der Waals surface area contributed by atoms with Crippen LogP contribution >= 0.6 is 0 Å². The third-order valence-corrected chi connectivity index (χ3v) is 4.26. The molecule has 120 valence electrons. The van der Waals surface area contributed by atoms with Crippen molar-refractivity contribution in [3.8, 4) is 0 Å². The van der Waals surface area contributed by atoms with Gasteiger partial charge in [0.05, 0.1) is 7.11 Å². The van der Waals surface area contributed by atoms with Crippen LogP contribution in [0.25, 0.3) is 0 Å². The van der Waals surface area contributed by atoms with E-state index in [2.05, 4.69) is 5.32 Å². The molecule has 1 unspecified atom stereocenters. The number of esters is 1. The number of carbonyl (C=O) groups is 2. The van der Waals surface area contributed by atoms with Gasteiger partial charge in [-0.2, -0.15) is 0 Å². The lowest BCUT2D eigenvalue weighted by Crippen LogP contribution is -2.43. The zero-order valence-corrected chi connectivity index (χ0v) is 13.0. The van der Waals surface area contributed by atoms with Gasteiger partial charge in [0.25, 0.3) is 5.91 Å². The molecule has 1 aromatic carbocycles. The second-order valence-corrected chi connectivity index (χ2v) is 5.91. The number of hydrogen-bond donors (Lipinski definition) is 2. The molecule has 3 N–H and O–H groups in total. The van der Waals surface area contributed by atoms with Crippen LogP contribution in [-0.4, -0.2) is 25.0 Å². The van der Waals surface area contributed by atoms with Gasteiger partial charge in [0.1, 0.15) is 6.04 Å². The summed E-state index contributed by atoms with van der Waals surface area (Å²) in [5, 5.41) is 2.80. The number of amides is 1. The Hall–Kier alpha value is -2.04. The number of nitrogens with two attached hydrogens (primary N) is 1. The van der Waals surface area contributed by atoms with Crippen LogP contribution in [-0.2, 0) is 9.53 Å². The van der Waals surface area contributed by atoms with Crippen LogP contribution < -0.4 is 11.1 Å². The van der Waals surface area contributed by atoms with Crippen molar-refractivity contribution in [1.29, 1.82) is 0 Å². The minimum Gasteiger partial charge on any atom is -0.467 e. The number of hydrogen-bond acceptors (Lipinski definition) is 4. The fourth-order valence-electron chi connectivity index (χ4n) is 2.99. The average Bonchev–Trinajstić information content (AvgIpc) is 2.55. The second kappa shape index (κ2) is 7.82. The van der Waals surface area contributed by atoms with Gasteiger partial charge in [-0.3, -0.25) is 4.79 Å². The Morgan fingerprint density at radius 1 is 1.23 bits per heavy atom. The number of anilines is 1. The van der Waals surface area contributed by atoms with E-state index in [1.165, 1.54) is 26.4 Å². The van der Waals surface area contributed by atoms with Crippen molar-refractivity contribution in [2.75, 3.05) is 12.8 Å². The number of methoxy groups -OCH3 is 1. The molecular formula is C17H24N2O3. The zero-order chi connectivity index (χ0) is 15.9. The van der Waals surface area contributed by atoms with Gasteiger partial charge >= 0.3 is 5.97 Å². The van der Waals surface area contributed by atoms with Crippen molar-refractivity contribution in [3.05, 3.63) is 29.8 Å². The molecule has 1 aliphatic rings. The first kappa shape index (κ1) is 16.3. The van der Waals surface area contributed by atoms with Gasteiger partial charge in [-0.25, -0.2) is 4.79 Å². The molecule has 0 radical (unpaired) electrons. The average molecular weight is 304 g/mol. The van der Waals surface area contributed by atoms with E-state index in [1.807, 2.05) is 0 Å². The van der Waals surface area contributed by atoms with Gasteiger partial charge in [0, 0.05) is 11.3 Å². The maximum absolute atomic E-state index is 12.3. The van der Waals surface area contributed by atoms with Crippen molar-refractivity contribution >= 4 is 17.6 Å². The highest BCUT2D eigenvalue weighted by Crippen LogP contribution is 2.27. The van der Waals surface area contributed by atoms with E-state index in [0.29, 0.717) is 23.6 Å². The summed E-state index contributed by atoms with van der Waals surface area (Å²) in [5.74, 6) is -0.176. The molecule has 0 heterocycles. The monoisotopic (exact) mass is 304 g/mol. The normalized spacial score (nSPS) is 16.8. The number of rotatable bonds is 5. The van der Waals surface area contributed by atoms with Crippen LogP contribution in [0, 0.1) is 5.92 Å². The summed E-state index contributed by atoms with van der Waals surface area (Å²) >= 11 is 0. The molecule has 0 bridgehead atoms. The summed E-state index contributed by atoms with van der Waals surface area (Å²) in [5.41, 5.74) is 6.71. The number of carbonyl (C=O) groups excluding carboxylic acids is 2. The van der Waals surface area contributed by atoms with E-state index >= 15 is 0 Å². The van der Waals surface area contributed by atoms with E-state index in [9.17, 15) is 9.59 Å². The van der Waals surface area contributed by atoms with Crippen LogP contribution in [0.2, 0.25) is 0 Å². The number of nitrogen functional groups attached to an aromatic ring is 1. The topological polar surface area (TPSA) is 81.4 Å². The summed E-state index contributed by atoms with van der Waals surface area (Å²) in [6.07, 6.45) is 6.54. The predicted molar refractivity (Wildman–Crippen MR) is 85.3 cm³/mol. The van der Waals surface area contributed by atoms with Gasteiger partial charge < -0.3 is 15.8 Å². The smallest absolute Gasteiger partial charge is 0.328 e. The van der Waals surface area contributed by atoms with E-state index in [-0.39, 0.29) is 11.9 Å². The lowest BCUT2D eigenvalue weighted by molar-refractivity contribution is -0.143. The highest BCUT2D eigenvalue weighted by Gasteiger charge is 2.26. The second-order valence-electron chi connectivity index (χ2n) is 5.91. The third-order valence-electron chi connectivity index (χ3n) is 4.26. The Kier molecular flexibility index (Phi) is 5.81. The Bertz CT molecular complexity index is 507. The van der Waals surface area contributed by atoms with Crippen molar-refractivity contribution < 1.29 is 14.3 Å². The molecule has 0 aromatic heterocycles. The van der Waals surface area contributed by atoms with Gasteiger partial charge in [0.2, 0.25) is 0 Å². The molecule has 0 saturated heterocycles. The van der Waals surface area contributed by atoms with Gasteiger partial charge in [-0.05, 0) is 36.6 Å². The SMILES string of the molecule is COC(=O)C(CC1CCCCC1)NC(=O)c1ccc(N)cc1. The van der Waals surface area contributed by atoms with E-state index < -0.39 is 6.04 Å². The molecule has 22 heavy (non-hydrogen) atoms. The summed E-state index contributed by atoms with van der Waals surface area (Å²) in [7, 11) is 1.35. The van der Waals surface area contributed by atoms with Crippen molar-refractivity contribution in [3.63, 3.8) is 0 Å². The summed E-state index contributed by atoms with van der Waals surface area (Å²) in [6.45, 7) is 0. The van der Waals surface area contributed by atoms with Crippen LogP contribution in [0.5, 0.6) is 0 Å². The van der Waals surface area contributed by atoms with Gasteiger partial charge in [0.15, 0.2) is 0 Å². The third kappa shape index (κ3) is 4.48. The number of benzene rings is 1. The molecule has 1 fully saturated rings. The van der Waals surface area contributed by atoms with Crippen LogP contribution in [0.4, 0.5) is 5.69 Å². The van der Waals surface area contributed by atoms with Crippen LogP contribution in [0.1, 0.15) is 48.9 Å². The minimum atomic E-state index is -0.585. The van der Waals surface area contributed by atoms with Crippen molar-refractivity contribution in [1.82, 2.24) is 5.32 Å². The maximum Gasteiger partial charge on any atom is 0.328 e. The molecule has 0 aliphatic heterocycles. The standard InChI is InChI=1S/C17H24N2O3/c1-22-17(21)15(11-12-5-3-2-4-6-12)19-16(20)13-7-9-14(18)10-8-13/h7-10,12,15H,2-6,11,18H2,1H3,(H,19,20). The van der Waals surface area contributed by atoms with E-state index in [1.54, 1.807) is 24.3 Å². The molecule has 1 aliphatic carbocycles. The molecule has 1 aromatic rings. The largest absolute Gasteiger partial charge is 0.467 e. The van der Waals surface area contributed by atoms with Crippen molar-refractivity contribution in [2.24, 2.45) is 5.92 Å². The fraction of sp³-hybridized carbons (Fsp3) is 0.529. The molecule has 1 saturated carbocycles. The molecule has 2 rings (SSSR count). The van der Waals surface area contributed by atoms with E-state index in [0.717, 1.165) is 12.8 Å². The van der Waals surface area contributed by atoms with E-state index in [4.69, 9.17) is 10.5 Å². The van der Waals surface area contributed by atoms with Crippen LogP contribution in [0.15, 0.2) is 24.3 Å². The Morgan fingerprint density at radius 3 is 2.45 bits per heavy atom. The first-order valence-corrected chi connectivity index (χ1v) is 7.84. The summed E-state index contributed by atoms with van der Waals surface area (Å²) in [4.78, 5) is 24.2. The lowest BCUT2D eigenvalue weighted by atomic mass is 9.85. The first-order valence-electron chi connectivity index (χ1n) is 7.84. The summed E-state index contributed by atoms with van der Waals surface area (Å²) in [6, 6.07) is 6.06. The molecule has 1 atom stereocenters. The Labute approximate surface area is 131 Å². The lowest BCUT2D eigenvalue weighted by Gasteiger charge is -2.25. The predicted octanol–water partition coefficient (Wildman–Crippen LogP) is 2.51. The summed E-state index contributed by atoms with van der Waals surface area (Å²) < 4.78 is 4.84. The molecule has 5 nitrogen and oxygen atoms in total. The Balaban J connectivity index is 2.00. The molecular weight excluding hydrogens is 280 g/mol. The Morgan fingerprint density at radius 2 is 1.86 bits per heavy atom. The quantitative estimate of drug-likeness (QED) is 0.647. The van der Waals surface area contributed by atoms with Crippen molar-refractivity contribution in [2.45, 2.75) is 44.6 Å². The highest BCUT2D eigenvalue weighted by molar-refractivity contribution is 5.97. The zero-order valence-electron chi connectivity index (χ0n) is 13.0. The molecule has 1 amide bonds. The fourth-order valence-corrected chi connectivity index (χ4v) is 2.99. The van der Waals surface area contributed by atoms with Gasteiger partial charge in [-0.15, -0.1) is 0 Å². The first-order chi connectivity index (χ1) is 10.6. The molecule has 5 heteroatoms.